The van der Waals surface area contributed by atoms with Crippen LogP contribution >= 0.6 is 15.9 Å². The van der Waals surface area contributed by atoms with Crippen molar-refractivity contribution in [3.63, 3.8) is 0 Å². The van der Waals surface area contributed by atoms with Crippen molar-refractivity contribution in [2.45, 2.75) is 61.1 Å². The molecular weight excluding hydrogens is 418 g/mol. The average molecular weight is 446 g/mol. The summed E-state index contributed by atoms with van der Waals surface area (Å²) >= 11 is 4.00. The van der Waals surface area contributed by atoms with Crippen LogP contribution in [0.1, 0.15) is 56.9 Å². The highest BCUT2D eigenvalue weighted by Gasteiger charge is 2.61. The van der Waals surface area contributed by atoms with Gasteiger partial charge in [-0.25, -0.2) is 0 Å². The molecule has 4 bridgehead atoms. The van der Waals surface area contributed by atoms with E-state index in [9.17, 15) is 14.7 Å². The van der Waals surface area contributed by atoms with E-state index < -0.39 is 11.4 Å². The van der Waals surface area contributed by atoms with Gasteiger partial charge in [-0.2, -0.15) is 0 Å². The largest absolute Gasteiger partial charge is 0.481 e. The van der Waals surface area contributed by atoms with E-state index in [1.807, 2.05) is 35.2 Å². The third kappa shape index (κ3) is 2.76. The Morgan fingerprint density at radius 3 is 2.14 bits per heavy atom. The number of carbonyl (C=O) groups is 2. The van der Waals surface area contributed by atoms with Crippen molar-refractivity contribution < 1.29 is 14.7 Å². The molecule has 0 aromatic heterocycles. The molecule has 4 nitrogen and oxygen atoms in total. The first kappa shape index (κ1) is 18.7. The number of carboxylic acids is 1. The number of piperidine rings is 1. The van der Waals surface area contributed by atoms with Crippen LogP contribution in [0.4, 0.5) is 0 Å². The molecule has 6 rings (SSSR count). The summed E-state index contributed by atoms with van der Waals surface area (Å²) in [5.41, 5.74) is -0.205. The summed E-state index contributed by atoms with van der Waals surface area (Å²) in [5.74, 6) is 0.895. The standard InChI is InChI=1S/C23H28BrNO3/c24-22-13-16-10-17(14-22)12-21(11-16,15-22)19(26)25-8-6-23(7-9-25,20(27)28)18-4-2-1-3-5-18/h1-5,16-17H,6-15H2,(H,27,28). The molecule has 1 aromatic rings. The minimum absolute atomic E-state index is 0.164. The van der Waals surface area contributed by atoms with E-state index in [0.29, 0.717) is 43.7 Å². The zero-order chi connectivity index (χ0) is 19.6. The molecule has 2 atom stereocenters. The molecule has 1 saturated heterocycles. The second-order valence-corrected chi connectivity index (χ2v) is 11.6. The molecule has 1 N–H and O–H groups in total. The fourth-order valence-electron chi connectivity index (χ4n) is 7.21. The van der Waals surface area contributed by atoms with Crippen molar-refractivity contribution >= 4 is 27.8 Å². The number of benzene rings is 1. The maximum atomic E-state index is 13.7. The fourth-order valence-corrected chi connectivity index (χ4v) is 8.66. The first-order valence-electron chi connectivity index (χ1n) is 10.6. The predicted octanol–water partition coefficient (Wildman–Crippen LogP) is 4.37. The Balaban J connectivity index is 1.36. The molecule has 1 heterocycles. The molecule has 1 aromatic carbocycles. The second-order valence-electron chi connectivity index (χ2n) is 9.94. The predicted molar refractivity (Wildman–Crippen MR) is 110 cm³/mol. The van der Waals surface area contributed by atoms with Crippen molar-refractivity contribution in [2.75, 3.05) is 13.1 Å². The van der Waals surface area contributed by atoms with Crippen molar-refractivity contribution in [3.8, 4) is 0 Å². The molecule has 4 aliphatic carbocycles. The number of hydrogen-bond acceptors (Lipinski definition) is 2. The number of carbonyl (C=O) groups excluding carboxylic acids is 1. The lowest BCUT2D eigenvalue weighted by molar-refractivity contribution is -0.160. The van der Waals surface area contributed by atoms with Crippen LogP contribution in [0.25, 0.3) is 0 Å². The SMILES string of the molecule is O=C(N1CCC(C(=O)O)(c2ccccc2)CC1)C12CC3CC(CC(Br)(C3)C1)C2. The van der Waals surface area contributed by atoms with Gasteiger partial charge in [0.05, 0.1) is 10.8 Å². The Hall–Kier alpha value is -1.36. The first-order valence-corrected chi connectivity index (χ1v) is 11.4. The summed E-state index contributed by atoms with van der Waals surface area (Å²) in [5, 5.41) is 10.0. The molecule has 1 aliphatic heterocycles. The third-order valence-electron chi connectivity index (χ3n) is 8.08. The van der Waals surface area contributed by atoms with Gasteiger partial charge in [0.25, 0.3) is 0 Å². The maximum absolute atomic E-state index is 13.7. The average Bonchev–Trinajstić information content (AvgIpc) is 2.66. The number of aliphatic carboxylic acids is 1. The van der Waals surface area contributed by atoms with Gasteiger partial charge in [-0.15, -0.1) is 0 Å². The summed E-state index contributed by atoms with van der Waals surface area (Å²) in [7, 11) is 0. The number of nitrogens with zero attached hydrogens (tertiary/aromatic N) is 1. The molecule has 4 saturated carbocycles. The fraction of sp³-hybridized carbons (Fsp3) is 0.652. The number of carboxylic acid groups (broad SMARTS) is 1. The molecule has 0 radical (unpaired) electrons. The van der Waals surface area contributed by atoms with Crippen LogP contribution in [0.5, 0.6) is 0 Å². The van der Waals surface area contributed by atoms with Crippen molar-refractivity contribution in [1.82, 2.24) is 4.90 Å². The first-order chi connectivity index (χ1) is 13.3. The van der Waals surface area contributed by atoms with E-state index in [0.717, 1.165) is 24.8 Å². The normalized spacial score (nSPS) is 38.4. The lowest BCUT2D eigenvalue weighted by atomic mass is 9.49. The van der Waals surface area contributed by atoms with Crippen LogP contribution in [0.15, 0.2) is 30.3 Å². The van der Waals surface area contributed by atoms with Gasteiger partial charge in [0, 0.05) is 17.4 Å². The Kier molecular flexibility index (Phi) is 4.21. The van der Waals surface area contributed by atoms with Gasteiger partial charge < -0.3 is 10.0 Å². The van der Waals surface area contributed by atoms with Crippen molar-refractivity contribution in [2.24, 2.45) is 17.3 Å². The summed E-state index contributed by atoms with van der Waals surface area (Å²) in [6, 6.07) is 9.56. The van der Waals surface area contributed by atoms with Gasteiger partial charge >= 0.3 is 5.97 Å². The minimum Gasteiger partial charge on any atom is -0.481 e. The Morgan fingerprint density at radius 1 is 1.00 bits per heavy atom. The molecule has 150 valence electrons. The molecule has 5 fully saturated rings. The molecule has 5 aliphatic rings. The summed E-state index contributed by atoms with van der Waals surface area (Å²) in [4.78, 5) is 27.9. The lowest BCUT2D eigenvalue weighted by Gasteiger charge is -2.60. The van der Waals surface area contributed by atoms with E-state index in [-0.39, 0.29) is 9.74 Å². The molecular formula is C23H28BrNO3. The number of alkyl halides is 1. The smallest absolute Gasteiger partial charge is 0.314 e. The van der Waals surface area contributed by atoms with E-state index in [1.165, 1.54) is 19.3 Å². The minimum atomic E-state index is -0.865. The highest BCUT2D eigenvalue weighted by atomic mass is 79.9. The van der Waals surface area contributed by atoms with E-state index >= 15 is 0 Å². The summed E-state index contributed by atoms with van der Waals surface area (Å²) in [6.07, 6.45) is 7.76. The molecule has 5 heteroatoms. The maximum Gasteiger partial charge on any atom is 0.314 e. The molecule has 2 unspecified atom stereocenters. The van der Waals surface area contributed by atoms with Crippen LogP contribution in [0.3, 0.4) is 0 Å². The second kappa shape index (κ2) is 6.32. The molecule has 28 heavy (non-hydrogen) atoms. The van der Waals surface area contributed by atoms with Crippen LogP contribution in [-0.4, -0.2) is 39.3 Å². The quantitative estimate of drug-likeness (QED) is 0.702. The van der Waals surface area contributed by atoms with Crippen LogP contribution in [-0.2, 0) is 15.0 Å². The topological polar surface area (TPSA) is 57.6 Å². The highest BCUT2D eigenvalue weighted by molar-refractivity contribution is 9.10. The highest BCUT2D eigenvalue weighted by Crippen LogP contribution is 2.65. The van der Waals surface area contributed by atoms with Gasteiger partial charge in [0.2, 0.25) is 5.91 Å². The summed E-state index contributed by atoms with van der Waals surface area (Å²) < 4.78 is 0.164. The van der Waals surface area contributed by atoms with Crippen LogP contribution < -0.4 is 0 Å². The van der Waals surface area contributed by atoms with E-state index in [2.05, 4.69) is 15.9 Å². The molecule has 1 amide bonds. The Bertz CT molecular complexity index is 785. The number of amides is 1. The monoisotopic (exact) mass is 445 g/mol. The van der Waals surface area contributed by atoms with Gasteiger partial charge in [-0.05, 0) is 68.8 Å². The lowest BCUT2D eigenvalue weighted by Crippen LogP contribution is -2.60. The van der Waals surface area contributed by atoms with Crippen LogP contribution in [0.2, 0.25) is 0 Å². The third-order valence-corrected chi connectivity index (χ3v) is 9.01. The van der Waals surface area contributed by atoms with E-state index in [4.69, 9.17) is 0 Å². The van der Waals surface area contributed by atoms with Crippen molar-refractivity contribution in [3.05, 3.63) is 35.9 Å². The van der Waals surface area contributed by atoms with E-state index in [1.54, 1.807) is 0 Å². The number of rotatable bonds is 3. The Labute approximate surface area is 174 Å². The number of halogens is 1. The van der Waals surface area contributed by atoms with Gasteiger partial charge in [0.15, 0.2) is 0 Å². The zero-order valence-corrected chi connectivity index (χ0v) is 17.8. The van der Waals surface area contributed by atoms with Gasteiger partial charge in [-0.1, -0.05) is 46.3 Å². The van der Waals surface area contributed by atoms with Gasteiger partial charge in [0.1, 0.15) is 0 Å². The summed E-state index contributed by atoms with van der Waals surface area (Å²) in [6.45, 7) is 1.10. The molecule has 0 spiro atoms. The Morgan fingerprint density at radius 2 is 1.61 bits per heavy atom. The zero-order valence-electron chi connectivity index (χ0n) is 16.2. The number of likely N-dealkylation sites (tertiary alicyclic amines) is 1. The van der Waals surface area contributed by atoms with Crippen LogP contribution in [0, 0.1) is 17.3 Å². The number of hydrogen-bond donors (Lipinski definition) is 1. The van der Waals surface area contributed by atoms with Gasteiger partial charge in [-0.3, -0.25) is 9.59 Å². The van der Waals surface area contributed by atoms with Crippen molar-refractivity contribution in [1.29, 1.82) is 0 Å².